The van der Waals surface area contributed by atoms with Gasteiger partial charge in [0.15, 0.2) is 0 Å². The second kappa shape index (κ2) is 8.71. The van der Waals surface area contributed by atoms with E-state index in [-0.39, 0.29) is 12.0 Å². The van der Waals surface area contributed by atoms with Crippen LogP contribution in [-0.4, -0.2) is 60.2 Å². The van der Waals surface area contributed by atoms with Gasteiger partial charge in [0.25, 0.3) is 5.91 Å². The Bertz CT molecular complexity index is 1060. The summed E-state index contributed by atoms with van der Waals surface area (Å²) in [5.74, 6) is 3.69. The lowest BCUT2D eigenvalue weighted by atomic mass is 9.98. The Morgan fingerprint density at radius 1 is 1.00 bits per heavy atom. The summed E-state index contributed by atoms with van der Waals surface area (Å²) in [6.07, 6.45) is 5.94. The van der Waals surface area contributed by atoms with E-state index >= 15 is 0 Å². The van der Waals surface area contributed by atoms with Crippen LogP contribution in [0.5, 0.6) is 11.5 Å². The van der Waals surface area contributed by atoms with Crippen molar-refractivity contribution in [3.05, 3.63) is 52.5 Å². The van der Waals surface area contributed by atoms with E-state index in [1.165, 1.54) is 12.8 Å². The number of carbonyl (C=O) groups excluding carboxylic acids is 1. The average molecular weight is 485 g/mol. The van der Waals surface area contributed by atoms with Gasteiger partial charge in [-0.15, -0.1) is 0 Å². The number of benzene rings is 2. The molecule has 2 aromatic carbocycles. The summed E-state index contributed by atoms with van der Waals surface area (Å²) in [7, 11) is 2.23. The normalized spacial score (nSPS) is 27.3. The van der Waals surface area contributed by atoms with E-state index in [1.54, 1.807) is 0 Å². The smallest absolute Gasteiger partial charge is 0.258 e. The Balaban J connectivity index is 1.15. The summed E-state index contributed by atoms with van der Waals surface area (Å²) in [6, 6.07) is 12.8. The van der Waals surface area contributed by atoms with Crippen molar-refractivity contribution in [3.63, 3.8) is 0 Å². The molecule has 4 heterocycles. The molecule has 4 aliphatic heterocycles. The Labute approximate surface area is 204 Å². The SMILES string of the molecule is CN1[C@@H]2CC[C@H]1CC(Oc1ccc(N3CCc4cc(OC5CSC5)ccc4C3=O)cc1Cl)C2. The molecule has 1 amide bonds. The maximum absolute atomic E-state index is 13.2. The molecule has 33 heavy (non-hydrogen) atoms. The highest BCUT2D eigenvalue weighted by Gasteiger charge is 2.39. The molecule has 0 spiro atoms. The van der Waals surface area contributed by atoms with Crippen LogP contribution in [0.3, 0.4) is 0 Å². The van der Waals surface area contributed by atoms with E-state index in [1.807, 2.05) is 53.1 Å². The van der Waals surface area contributed by atoms with Gasteiger partial charge in [-0.1, -0.05) is 11.6 Å². The van der Waals surface area contributed by atoms with Gasteiger partial charge >= 0.3 is 0 Å². The van der Waals surface area contributed by atoms with E-state index in [9.17, 15) is 4.79 Å². The van der Waals surface area contributed by atoms with Crippen LogP contribution in [0.1, 0.15) is 41.6 Å². The van der Waals surface area contributed by atoms with E-state index in [0.29, 0.717) is 29.8 Å². The van der Waals surface area contributed by atoms with Crippen LogP contribution in [0.15, 0.2) is 36.4 Å². The Morgan fingerprint density at radius 3 is 2.48 bits per heavy atom. The van der Waals surface area contributed by atoms with Crippen molar-refractivity contribution in [3.8, 4) is 11.5 Å². The fraction of sp³-hybridized carbons (Fsp3) is 0.500. The molecule has 3 atom stereocenters. The van der Waals surface area contributed by atoms with Gasteiger partial charge < -0.3 is 19.3 Å². The molecule has 1 unspecified atom stereocenters. The lowest BCUT2D eigenvalue weighted by Gasteiger charge is -2.36. The van der Waals surface area contributed by atoms with Crippen molar-refractivity contribution in [2.45, 2.75) is 56.4 Å². The van der Waals surface area contributed by atoms with Crippen molar-refractivity contribution in [1.82, 2.24) is 4.90 Å². The maximum Gasteiger partial charge on any atom is 0.258 e. The predicted octanol–water partition coefficient (Wildman–Crippen LogP) is 5.04. The summed E-state index contributed by atoms with van der Waals surface area (Å²) in [6.45, 7) is 0.628. The van der Waals surface area contributed by atoms with Gasteiger partial charge in [-0.3, -0.25) is 4.79 Å². The highest BCUT2D eigenvalue weighted by atomic mass is 35.5. The van der Waals surface area contributed by atoms with E-state index in [4.69, 9.17) is 21.1 Å². The Kier molecular flexibility index (Phi) is 5.71. The average Bonchev–Trinajstić information content (AvgIpc) is 2.98. The summed E-state index contributed by atoms with van der Waals surface area (Å²) < 4.78 is 12.3. The number of halogens is 1. The van der Waals surface area contributed by atoms with Crippen LogP contribution in [-0.2, 0) is 6.42 Å². The van der Waals surface area contributed by atoms with E-state index < -0.39 is 0 Å². The van der Waals surface area contributed by atoms with Crippen LogP contribution in [0.25, 0.3) is 0 Å². The predicted molar refractivity (Wildman–Crippen MR) is 133 cm³/mol. The summed E-state index contributed by atoms with van der Waals surface area (Å²) in [5, 5.41) is 0.569. The number of anilines is 1. The minimum Gasteiger partial charge on any atom is -0.489 e. The monoisotopic (exact) mass is 484 g/mol. The Hall–Kier alpha value is -1.89. The third-order valence-electron chi connectivity index (χ3n) is 7.64. The van der Waals surface area contributed by atoms with Gasteiger partial charge in [-0.05, 0) is 81.1 Å². The molecule has 0 aromatic heterocycles. The molecule has 7 heteroatoms. The van der Waals surface area contributed by atoms with Gasteiger partial charge in [0.1, 0.15) is 23.7 Å². The third-order valence-corrected chi connectivity index (χ3v) is 9.15. The van der Waals surface area contributed by atoms with Crippen molar-refractivity contribution >= 4 is 35.0 Å². The van der Waals surface area contributed by atoms with Crippen molar-refractivity contribution < 1.29 is 14.3 Å². The number of thioether (sulfide) groups is 1. The Morgan fingerprint density at radius 2 is 1.79 bits per heavy atom. The van der Waals surface area contributed by atoms with Gasteiger partial charge in [-0.2, -0.15) is 11.8 Å². The molecular weight excluding hydrogens is 456 g/mol. The third kappa shape index (κ3) is 4.11. The lowest BCUT2D eigenvalue weighted by Crippen LogP contribution is -2.43. The topological polar surface area (TPSA) is 42.0 Å². The maximum atomic E-state index is 13.2. The zero-order valence-electron chi connectivity index (χ0n) is 18.8. The molecule has 3 saturated heterocycles. The second-order valence-corrected chi connectivity index (χ2v) is 11.2. The number of amides is 1. The largest absolute Gasteiger partial charge is 0.489 e. The summed E-state index contributed by atoms with van der Waals surface area (Å²) >= 11 is 8.53. The zero-order valence-corrected chi connectivity index (χ0v) is 20.4. The van der Waals surface area contributed by atoms with Crippen molar-refractivity contribution in [2.75, 3.05) is 30.0 Å². The molecule has 0 N–H and O–H groups in total. The molecular formula is C26H29ClN2O3S. The number of hydrogen-bond donors (Lipinski definition) is 0. The molecule has 2 aromatic rings. The number of piperidine rings is 1. The first-order valence-electron chi connectivity index (χ1n) is 11.9. The standard InChI is InChI=1S/C26H29ClN2O3S/c1-28-17-2-3-18(28)12-21(11-17)32-25-7-4-19(13-24(25)27)29-9-8-16-10-20(31-22-14-33-15-22)5-6-23(16)26(29)30/h4-7,10,13,17-18,21-22H,2-3,8-9,11-12,14-15H2,1H3/t17-,18+,21?. The first kappa shape index (κ1) is 21.6. The summed E-state index contributed by atoms with van der Waals surface area (Å²) in [4.78, 5) is 17.6. The number of ether oxygens (including phenoxy) is 2. The molecule has 174 valence electrons. The number of hydrogen-bond acceptors (Lipinski definition) is 5. The molecule has 0 saturated carbocycles. The zero-order chi connectivity index (χ0) is 22.5. The lowest BCUT2D eigenvalue weighted by molar-refractivity contribution is 0.0662. The minimum atomic E-state index is 0.0126. The molecule has 0 aliphatic carbocycles. The van der Waals surface area contributed by atoms with Gasteiger partial charge in [0, 0.05) is 41.4 Å². The highest BCUT2D eigenvalue weighted by molar-refractivity contribution is 8.00. The molecule has 2 bridgehead atoms. The van der Waals surface area contributed by atoms with Gasteiger partial charge in [0.2, 0.25) is 0 Å². The van der Waals surface area contributed by atoms with Crippen molar-refractivity contribution in [1.29, 1.82) is 0 Å². The molecule has 0 radical (unpaired) electrons. The first-order valence-corrected chi connectivity index (χ1v) is 13.5. The van der Waals surface area contributed by atoms with Gasteiger partial charge in [0.05, 0.1) is 5.02 Å². The summed E-state index contributed by atoms with van der Waals surface area (Å²) in [5.41, 5.74) is 2.62. The number of rotatable bonds is 5. The number of fused-ring (bicyclic) bond motifs is 3. The number of nitrogens with zero attached hydrogens (tertiary/aromatic N) is 2. The van der Waals surface area contributed by atoms with Gasteiger partial charge in [-0.25, -0.2) is 0 Å². The number of carbonyl (C=O) groups is 1. The van der Waals surface area contributed by atoms with Crippen LogP contribution in [0, 0.1) is 0 Å². The van der Waals surface area contributed by atoms with E-state index in [0.717, 1.165) is 59.1 Å². The van der Waals surface area contributed by atoms with Crippen LogP contribution in [0.2, 0.25) is 5.02 Å². The highest BCUT2D eigenvalue weighted by Crippen LogP contribution is 2.38. The van der Waals surface area contributed by atoms with Crippen molar-refractivity contribution in [2.24, 2.45) is 0 Å². The van der Waals surface area contributed by atoms with Crippen LogP contribution < -0.4 is 14.4 Å². The second-order valence-electron chi connectivity index (χ2n) is 9.68. The fourth-order valence-electron chi connectivity index (χ4n) is 5.65. The van der Waals surface area contributed by atoms with Crippen LogP contribution >= 0.6 is 23.4 Å². The molecule has 3 fully saturated rings. The van der Waals surface area contributed by atoms with E-state index in [2.05, 4.69) is 11.9 Å². The first-order chi connectivity index (χ1) is 16.0. The quantitative estimate of drug-likeness (QED) is 0.594. The minimum absolute atomic E-state index is 0.0126. The van der Waals surface area contributed by atoms with Crippen LogP contribution in [0.4, 0.5) is 5.69 Å². The molecule has 6 rings (SSSR count). The fourth-order valence-corrected chi connectivity index (χ4v) is 6.43. The molecule has 4 aliphatic rings. The molecule has 5 nitrogen and oxygen atoms in total.